The predicted molar refractivity (Wildman–Crippen MR) is 118 cm³/mol. The molecule has 1 aliphatic rings. The van der Waals surface area contributed by atoms with Crippen molar-refractivity contribution in [1.29, 1.82) is 0 Å². The van der Waals surface area contributed by atoms with Gasteiger partial charge in [0.2, 0.25) is 11.8 Å². The van der Waals surface area contributed by atoms with Gasteiger partial charge in [-0.05, 0) is 48.7 Å². The zero-order chi connectivity index (χ0) is 21.1. The first-order valence-electron chi connectivity index (χ1n) is 10.2. The van der Waals surface area contributed by atoms with E-state index in [1.807, 2.05) is 80.6 Å². The second kappa shape index (κ2) is 8.49. The monoisotopic (exact) mass is 399 g/mol. The highest BCUT2D eigenvalue weighted by Gasteiger charge is 2.38. The Balaban J connectivity index is 1.60. The third-order valence-corrected chi connectivity index (χ3v) is 5.51. The fraction of sp³-hybridized carbons (Fsp3) is 0.240. The third kappa shape index (κ3) is 4.10. The van der Waals surface area contributed by atoms with Gasteiger partial charge in [-0.25, -0.2) is 4.98 Å². The Kier molecular flexibility index (Phi) is 5.61. The van der Waals surface area contributed by atoms with E-state index < -0.39 is 5.92 Å². The van der Waals surface area contributed by atoms with Gasteiger partial charge in [0, 0.05) is 24.8 Å². The summed E-state index contributed by atoms with van der Waals surface area (Å²) in [7, 11) is 0. The number of anilines is 2. The van der Waals surface area contributed by atoms with E-state index >= 15 is 0 Å². The summed E-state index contributed by atoms with van der Waals surface area (Å²) in [6, 6.07) is 21.4. The molecule has 0 aliphatic carbocycles. The molecule has 0 N–H and O–H groups in total. The molecule has 1 fully saturated rings. The van der Waals surface area contributed by atoms with E-state index in [0.29, 0.717) is 18.9 Å². The van der Waals surface area contributed by atoms with Crippen molar-refractivity contribution in [1.82, 2.24) is 4.98 Å². The number of nitrogens with zero attached hydrogens (tertiary/aromatic N) is 3. The van der Waals surface area contributed by atoms with Crippen LogP contribution >= 0.6 is 0 Å². The summed E-state index contributed by atoms with van der Waals surface area (Å²) in [6.07, 6.45) is 1.90. The largest absolute Gasteiger partial charge is 0.311 e. The second-order valence-corrected chi connectivity index (χ2v) is 7.79. The molecule has 5 heteroatoms. The SMILES string of the molecule is Cc1ccc(C)c(N2CC(C(=O)N(Cc3ccccc3)c3ccccn3)CC2=O)c1. The number of rotatable bonds is 5. The number of amides is 2. The molecule has 0 radical (unpaired) electrons. The molecule has 30 heavy (non-hydrogen) atoms. The molecule has 1 aromatic heterocycles. The highest BCUT2D eigenvalue weighted by molar-refractivity contribution is 6.04. The predicted octanol–water partition coefficient (Wildman–Crippen LogP) is 4.28. The summed E-state index contributed by atoms with van der Waals surface area (Å²) in [5.41, 5.74) is 4.04. The summed E-state index contributed by atoms with van der Waals surface area (Å²) in [5.74, 6) is 0.119. The molecule has 1 saturated heterocycles. The molecule has 1 unspecified atom stereocenters. The van der Waals surface area contributed by atoms with Crippen LogP contribution in [0.25, 0.3) is 0 Å². The maximum absolute atomic E-state index is 13.5. The number of hydrogen-bond donors (Lipinski definition) is 0. The lowest BCUT2D eigenvalue weighted by atomic mass is 10.1. The van der Waals surface area contributed by atoms with Crippen LogP contribution in [-0.4, -0.2) is 23.3 Å². The Morgan fingerprint density at radius 2 is 1.83 bits per heavy atom. The number of pyridine rings is 1. The minimum atomic E-state index is -0.400. The van der Waals surface area contributed by atoms with Crippen molar-refractivity contribution in [2.75, 3.05) is 16.3 Å². The van der Waals surface area contributed by atoms with E-state index in [9.17, 15) is 9.59 Å². The van der Waals surface area contributed by atoms with Gasteiger partial charge in [-0.15, -0.1) is 0 Å². The fourth-order valence-corrected chi connectivity index (χ4v) is 3.89. The highest BCUT2D eigenvalue weighted by atomic mass is 16.2. The standard InChI is InChI=1S/C25H25N3O2/c1-18-11-12-19(2)22(14-18)27-17-21(15-24(27)29)25(30)28(23-10-6-7-13-26-23)16-20-8-4-3-5-9-20/h3-14,21H,15-17H2,1-2H3. The van der Waals surface area contributed by atoms with Crippen LogP contribution < -0.4 is 9.80 Å². The lowest BCUT2D eigenvalue weighted by molar-refractivity contribution is -0.124. The molecule has 152 valence electrons. The van der Waals surface area contributed by atoms with Gasteiger partial charge in [0.25, 0.3) is 0 Å². The number of carbonyl (C=O) groups excluding carboxylic acids is 2. The van der Waals surface area contributed by atoms with Crippen molar-refractivity contribution in [3.05, 3.63) is 89.6 Å². The molecular weight excluding hydrogens is 374 g/mol. The van der Waals surface area contributed by atoms with Crippen molar-refractivity contribution in [3.8, 4) is 0 Å². The molecule has 1 aliphatic heterocycles. The van der Waals surface area contributed by atoms with Crippen molar-refractivity contribution >= 4 is 23.3 Å². The zero-order valence-electron chi connectivity index (χ0n) is 17.3. The highest BCUT2D eigenvalue weighted by Crippen LogP contribution is 2.30. The number of aromatic nitrogens is 1. The van der Waals surface area contributed by atoms with E-state index in [1.165, 1.54) is 0 Å². The number of carbonyl (C=O) groups is 2. The van der Waals surface area contributed by atoms with Crippen LogP contribution in [0.4, 0.5) is 11.5 Å². The first kappa shape index (κ1) is 19.8. The zero-order valence-corrected chi connectivity index (χ0v) is 17.3. The Labute approximate surface area is 177 Å². The van der Waals surface area contributed by atoms with Crippen LogP contribution in [0.3, 0.4) is 0 Å². The summed E-state index contributed by atoms with van der Waals surface area (Å²) < 4.78 is 0. The van der Waals surface area contributed by atoms with Gasteiger partial charge in [-0.1, -0.05) is 48.5 Å². The molecule has 0 spiro atoms. The van der Waals surface area contributed by atoms with Crippen molar-refractivity contribution < 1.29 is 9.59 Å². The lowest BCUT2D eigenvalue weighted by Gasteiger charge is -2.25. The smallest absolute Gasteiger partial charge is 0.233 e. The van der Waals surface area contributed by atoms with Gasteiger partial charge in [0.15, 0.2) is 0 Å². The Bertz CT molecular complexity index is 1050. The van der Waals surface area contributed by atoms with Crippen LogP contribution in [0.1, 0.15) is 23.1 Å². The molecule has 5 nitrogen and oxygen atoms in total. The van der Waals surface area contributed by atoms with Crippen molar-refractivity contribution in [2.45, 2.75) is 26.8 Å². The molecule has 2 heterocycles. The van der Waals surface area contributed by atoms with Gasteiger partial charge in [0.1, 0.15) is 5.82 Å². The van der Waals surface area contributed by atoms with Gasteiger partial charge in [0.05, 0.1) is 12.5 Å². The van der Waals surface area contributed by atoms with Crippen LogP contribution in [-0.2, 0) is 16.1 Å². The average Bonchev–Trinajstić information content (AvgIpc) is 3.16. The van der Waals surface area contributed by atoms with Crippen molar-refractivity contribution in [2.24, 2.45) is 5.92 Å². The maximum Gasteiger partial charge on any atom is 0.233 e. The second-order valence-electron chi connectivity index (χ2n) is 7.79. The van der Waals surface area contributed by atoms with E-state index in [1.54, 1.807) is 16.0 Å². The molecule has 4 rings (SSSR count). The first-order chi connectivity index (χ1) is 14.5. The van der Waals surface area contributed by atoms with E-state index in [4.69, 9.17) is 0 Å². The molecular formula is C25H25N3O2. The van der Waals surface area contributed by atoms with Gasteiger partial charge in [-0.3, -0.25) is 14.5 Å². The number of aryl methyl sites for hydroxylation is 2. The Morgan fingerprint density at radius 1 is 1.07 bits per heavy atom. The fourth-order valence-electron chi connectivity index (χ4n) is 3.89. The van der Waals surface area contributed by atoms with E-state index in [0.717, 1.165) is 22.4 Å². The van der Waals surface area contributed by atoms with Gasteiger partial charge >= 0.3 is 0 Å². The maximum atomic E-state index is 13.5. The molecule has 2 aromatic carbocycles. The van der Waals surface area contributed by atoms with Crippen LogP contribution in [0.15, 0.2) is 72.9 Å². The minimum Gasteiger partial charge on any atom is -0.311 e. The van der Waals surface area contributed by atoms with E-state index in [2.05, 4.69) is 4.98 Å². The van der Waals surface area contributed by atoms with Crippen LogP contribution in [0, 0.1) is 19.8 Å². The summed E-state index contributed by atoms with van der Waals surface area (Å²) in [5, 5.41) is 0. The van der Waals surface area contributed by atoms with Gasteiger partial charge in [-0.2, -0.15) is 0 Å². The van der Waals surface area contributed by atoms with Gasteiger partial charge < -0.3 is 4.90 Å². The molecule has 0 saturated carbocycles. The summed E-state index contributed by atoms with van der Waals surface area (Å²) in [4.78, 5) is 34.2. The third-order valence-electron chi connectivity index (χ3n) is 5.51. The quantitative estimate of drug-likeness (QED) is 0.643. The number of benzene rings is 2. The average molecular weight is 399 g/mol. The molecule has 2 amide bonds. The molecule has 0 bridgehead atoms. The molecule has 3 aromatic rings. The minimum absolute atomic E-state index is 0.0114. The van der Waals surface area contributed by atoms with Crippen LogP contribution in [0.2, 0.25) is 0 Å². The first-order valence-corrected chi connectivity index (χ1v) is 10.2. The normalized spacial score (nSPS) is 16.0. The van der Waals surface area contributed by atoms with Crippen molar-refractivity contribution in [3.63, 3.8) is 0 Å². The van der Waals surface area contributed by atoms with E-state index in [-0.39, 0.29) is 18.2 Å². The van der Waals surface area contributed by atoms with Crippen LogP contribution in [0.5, 0.6) is 0 Å². The Morgan fingerprint density at radius 3 is 2.57 bits per heavy atom. The Hall–Kier alpha value is -3.47. The number of hydrogen-bond acceptors (Lipinski definition) is 3. The summed E-state index contributed by atoms with van der Waals surface area (Å²) >= 11 is 0. The lowest BCUT2D eigenvalue weighted by Crippen LogP contribution is -2.37. The molecule has 1 atom stereocenters. The summed E-state index contributed by atoms with van der Waals surface area (Å²) in [6.45, 7) is 4.81. The topological polar surface area (TPSA) is 53.5 Å².